The van der Waals surface area contributed by atoms with Crippen molar-refractivity contribution in [2.75, 3.05) is 5.75 Å². The molecule has 0 radical (unpaired) electrons. The molecule has 0 saturated carbocycles. The molecular weight excluding hydrogens is 316 g/mol. The van der Waals surface area contributed by atoms with Crippen molar-refractivity contribution in [1.29, 1.82) is 0 Å². The van der Waals surface area contributed by atoms with Gasteiger partial charge in [0.1, 0.15) is 6.10 Å². The number of esters is 3. The summed E-state index contributed by atoms with van der Waals surface area (Å²) in [5.41, 5.74) is 0. The molecule has 1 unspecified atom stereocenters. The standard InChI is InChI=1S/C13H18O8S/c1-6(14)18-11-10(5-22-9(4)17)21-13(20-8(3)16)12(11)19-7(2)15/h10-13H,5H2,1-4H3/t10-,11-,12+,13?/m1/s1. The molecule has 0 aromatic heterocycles. The molecule has 4 atom stereocenters. The highest BCUT2D eigenvalue weighted by atomic mass is 32.2. The Balaban J connectivity index is 2.94. The maximum atomic E-state index is 11.2. The van der Waals surface area contributed by atoms with Crippen molar-refractivity contribution in [3.8, 4) is 0 Å². The Morgan fingerprint density at radius 1 is 0.864 bits per heavy atom. The van der Waals surface area contributed by atoms with Crippen LogP contribution in [-0.4, -0.2) is 53.4 Å². The molecule has 0 aromatic rings. The Morgan fingerprint density at radius 3 is 1.82 bits per heavy atom. The van der Waals surface area contributed by atoms with E-state index >= 15 is 0 Å². The molecule has 124 valence electrons. The zero-order valence-electron chi connectivity index (χ0n) is 12.7. The van der Waals surface area contributed by atoms with Gasteiger partial charge in [-0.15, -0.1) is 0 Å². The van der Waals surface area contributed by atoms with Crippen molar-refractivity contribution in [3.63, 3.8) is 0 Å². The Hall–Kier alpha value is -1.61. The fourth-order valence-corrected chi connectivity index (χ4v) is 2.60. The molecule has 1 rings (SSSR count). The van der Waals surface area contributed by atoms with E-state index in [9.17, 15) is 19.2 Å². The number of hydrogen-bond donors (Lipinski definition) is 0. The highest BCUT2D eigenvalue weighted by Gasteiger charge is 2.50. The zero-order chi connectivity index (χ0) is 16.9. The second-order valence-corrected chi connectivity index (χ2v) is 5.80. The van der Waals surface area contributed by atoms with Crippen LogP contribution in [0.3, 0.4) is 0 Å². The molecule has 22 heavy (non-hydrogen) atoms. The van der Waals surface area contributed by atoms with Gasteiger partial charge in [-0.05, 0) is 0 Å². The third-order valence-corrected chi connectivity index (χ3v) is 3.51. The van der Waals surface area contributed by atoms with Gasteiger partial charge < -0.3 is 18.9 Å². The van der Waals surface area contributed by atoms with Crippen LogP contribution in [0.15, 0.2) is 0 Å². The zero-order valence-corrected chi connectivity index (χ0v) is 13.5. The van der Waals surface area contributed by atoms with E-state index in [4.69, 9.17) is 18.9 Å². The average Bonchev–Trinajstić information content (AvgIpc) is 2.63. The van der Waals surface area contributed by atoms with Crippen LogP contribution in [0, 0.1) is 0 Å². The molecule has 0 aliphatic carbocycles. The fourth-order valence-electron chi connectivity index (χ4n) is 1.93. The molecule has 0 N–H and O–H groups in total. The van der Waals surface area contributed by atoms with Gasteiger partial charge in [0.25, 0.3) is 0 Å². The quantitative estimate of drug-likeness (QED) is 0.522. The first-order chi connectivity index (χ1) is 10.2. The molecule has 1 heterocycles. The lowest BCUT2D eigenvalue weighted by atomic mass is 10.1. The summed E-state index contributed by atoms with van der Waals surface area (Å²) in [7, 11) is 0. The molecule has 0 aromatic carbocycles. The van der Waals surface area contributed by atoms with E-state index in [1.807, 2.05) is 0 Å². The summed E-state index contributed by atoms with van der Waals surface area (Å²) in [6.45, 7) is 4.92. The maximum absolute atomic E-state index is 11.2. The van der Waals surface area contributed by atoms with Crippen LogP contribution in [0.25, 0.3) is 0 Å². The highest BCUT2D eigenvalue weighted by Crippen LogP contribution is 2.30. The van der Waals surface area contributed by atoms with Crippen molar-refractivity contribution in [2.45, 2.75) is 52.3 Å². The largest absolute Gasteiger partial charge is 0.455 e. The first-order valence-electron chi connectivity index (χ1n) is 6.51. The number of hydrogen-bond acceptors (Lipinski definition) is 9. The molecule has 9 heteroatoms. The molecule has 0 spiro atoms. The topological polar surface area (TPSA) is 105 Å². The van der Waals surface area contributed by atoms with Crippen molar-refractivity contribution in [2.24, 2.45) is 0 Å². The summed E-state index contributed by atoms with van der Waals surface area (Å²) in [6, 6.07) is 0. The van der Waals surface area contributed by atoms with E-state index in [0.29, 0.717) is 0 Å². The average molecular weight is 334 g/mol. The summed E-state index contributed by atoms with van der Waals surface area (Å²) < 4.78 is 20.6. The Morgan fingerprint density at radius 2 is 1.36 bits per heavy atom. The molecule has 1 aliphatic heterocycles. The van der Waals surface area contributed by atoms with Crippen LogP contribution in [0.4, 0.5) is 0 Å². The lowest BCUT2D eigenvalue weighted by Crippen LogP contribution is -2.41. The smallest absolute Gasteiger partial charge is 0.305 e. The van der Waals surface area contributed by atoms with Crippen molar-refractivity contribution in [3.05, 3.63) is 0 Å². The predicted octanol–water partition coefficient (Wildman–Crippen LogP) is 0.417. The summed E-state index contributed by atoms with van der Waals surface area (Å²) >= 11 is 0.965. The van der Waals surface area contributed by atoms with Crippen molar-refractivity contribution in [1.82, 2.24) is 0 Å². The first-order valence-corrected chi connectivity index (χ1v) is 7.49. The highest BCUT2D eigenvalue weighted by molar-refractivity contribution is 8.13. The van der Waals surface area contributed by atoms with Gasteiger partial charge in [0.15, 0.2) is 11.2 Å². The van der Waals surface area contributed by atoms with E-state index in [1.165, 1.54) is 27.7 Å². The van der Waals surface area contributed by atoms with Gasteiger partial charge in [-0.3, -0.25) is 19.2 Å². The number of carbonyl (C=O) groups is 4. The second kappa shape index (κ2) is 8.14. The number of rotatable bonds is 5. The minimum Gasteiger partial charge on any atom is -0.455 e. The Bertz CT molecular complexity index is 463. The third kappa shape index (κ3) is 5.64. The predicted molar refractivity (Wildman–Crippen MR) is 74.7 cm³/mol. The minimum atomic E-state index is -1.19. The van der Waals surface area contributed by atoms with Gasteiger partial charge in [0.2, 0.25) is 12.4 Å². The summed E-state index contributed by atoms with van der Waals surface area (Å²) in [6.07, 6.45) is -3.98. The van der Waals surface area contributed by atoms with E-state index in [1.54, 1.807) is 0 Å². The lowest BCUT2D eigenvalue weighted by molar-refractivity contribution is -0.194. The summed E-state index contributed by atoms with van der Waals surface area (Å²) in [5, 5.41) is -0.148. The van der Waals surface area contributed by atoms with Gasteiger partial charge >= 0.3 is 17.9 Å². The van der Waals surface area contributed by atoms with E-state index in [2.05, 4.69) is 0 Å². The van der Waals surface area contributed by atoms with E-state index in [0.717, 1.165) is 11.8 Å². The van der Waals surface area contributed by atoms with Crippen LogP contribution in [0.1, 0.15) is 27.7 Å². The van der Waals surface area contributed by atoms with E-state index < -0.39 is 42.5 Å². The van der Waals surface area contributed by atoms with Crippen LogP contribution in [0.5, 0.6) is 0 Å². The number of thioether (sulfide) groups is 1. The molecule has 0 bridgehead atoms. The second-order valence-electron chi connectivity index (χ2n) is 4.60. The van der Waals surface area contributed by atoms with Gasteiger partial charge in [-0.1, -0.05) is 11.8 Å². The Kier molecular flexibility index (Phi) is 6.82. The Labute approximate surface area is 131 Å². The molecule has 1 saturated heterocycles. The monoisotopic (exact) mass is 334 g/mol. The minimum absolute atomic E-state index is 0.148. The summed E-state index contributed by atoms with van der Waals surface area (Å²) in [4.78, 5) is 44.7. The number of carbonyl (C=O) groups excluding carboxylic acids is 4. The molecule has 0 amide bonds. The van der Waals surface area contributed by atoms with Crippen LogP contribution in [0.2, 0.25) is 0 Å². The van der Waals surface area contributed by atoms with Crippen molar-refractivity contribution < 1.29 is 38.1 Å². The van der Waals surface area contributed by atoms with Crippen LogP contribution in [-0.2, 0) is 38.1 Å². The lowest BCUT2D eigenvalue weighted by Gasteiger charge is -2.22. The molecular formula is C13H18O8S. The van der Waals surface area contributed by atoms with Gasteiger partial charge in [-0.25, -0.2) is 0 Å². The molecule has 1 aliphatic rings. The van der Waals surface area contributed by atoms with E-state index in [-0.39, 0.29) is 10.9 Å². The third-order valence-electron chi connectivity index (χ3n) is 2.60. The maximum Gasteiger partial charge on any atom is 0.305 e. The molecule has 1 fully saturated rings. The summed E-state index contributed by atoms with van der Waals surface area (Å²) in [5.74, 6) is -1.71. The van der Waals surface area contributed by atoms with Crippen molar-refractivity contribution >= 4 is 34.8 Å². The van der Waals surface area contributed by atoms with Gasteiger partial charge in [0.05, 0.1) is 0 Å². The van der Waals surface area contributed by atoms with Gasteiger partial charge in [-0.2, -0.15) is 0 Å². The first kappa shape index (κ1) is 18.4. The van der Waals surface area contributed by atoms with Crippen LogP contribution < -0.4 is 0 Å². The SMILES string of the molecule is CC(=O)OC1O[C@H](CSC(C)=O)[C@@H](OC(C)=O)[C@@H]1OC(C)=O. The van der Waals surface area contributed by atoms with Crippen LogP contribution >= 0.6 is 11.8 Å². The number of ether oxygens (including phenoxy) is 4. The fraction of sp³-hybridized carbons (Fsp3) is 0.692. The molecule has 8 nitrogen and oxygen atoms in total. The van der Waals surface area contributed by atoms with Gasteiger partial charge in [0, 0.05) is 33.4 Å². The normalized spacial score (nSPS) is 27.1.